The zero-order valence-electron chi connectivity index (χ0n) is 18.8. The van der Waals surface area contributed by atoms with Crippen LogP contribution >= 0.6 is 0 Å². The third-order valence-electron chi connectivity index (χ3n) is 6.37. The van der Waals surface area contributed by atoms with Gasteiger partial charge in [-0.15, -0.1) is 0 Å². The number of carbonyl (C=O) groups is 2. The van der Waals surface area contributed by atoms with E-state index in [1.807, 2.05) is 12.1 Å². The molecule has 0 saturated carbocycles. The number of imide groups is 1. The summed E-state index contributed by atoms with van der Waals surface area (Å²) in [6, 6.07) is 13.2. The lowest BCUT2D eigenvalue weighted by atomic mass is 10.1. The van der Waals surface area contributed by atoms with Gasteiger partial charge in [-0.05, 0) is 29.7 Å². The summed E-state index contributed by atoms with van der Waals surface area (Å²) in [4.78, 5) is 43.9. The van der Waals surface area contributed by atoms with Gasteiger partial charge in [0.05, 0.1) is 30.4 Å². The van der Waals surface area contributed by atoms with Gasteiger partial charge in [-0.1, -0.05) is 30.3 Å². The summed E-state index contributed by atoms with van der Waals surface area (Å²) in [5.41, 5.74) is 3.26. The standard InChI is InChI=1S/C25H27N5O4/c31-22-9-8-21(24(32)28-22)30-16-27-20-3-1-2-19(23(20)25(30)33)26-14-17-4-6-18(7-5-17)15-29-10-12-34-13-11-29/h1-7,16,21,26H,8-15H2,(H,28,31,32). The molecule has 176 valence electrons. The lowest BCUT2D eigenvalue weighted by Crippen LogP contribution is -2.44. The van der Waals surface area contributed by atoms with Crippen LogP contribution in [0.4, 0.5) is 5.69 Å². The Labute approximate surface area is 196 Å². The minimum Gasteiger partial charge on any atom is -0.380 e. The normalized spacial score (nSPS) is 19.2. The summed E-state index contributed by atoms with van der Waals surface area (Å²) in [6.45, 7) is 4.93. The van der Waals surface area contributed by atoms with E-state index in [2.05, 4.69) is 44.8 Å². The molecule has 9 heteroatoms. The van der Waals surface area contributed by atoms with Crippen molar-refractivity contribution in [1.29, 1.82) is 0 Å². The Morgan fingerprint density at radius 3 is 2.56 bits per heavy atom. The van der Waals surface area contributed by atoms with E-state index in [0.717, 1.165) is 38.4 Å². The van der Waals surface area contributed by atoms with Crippen molar-refractivity contribution in [3.05, 3.63) is 70.3 Å². The number of nitrogens with zero attached hydrogens (tertiary/aromatic N) is 3. The number of piperidine rings is 1. The average Bonchev–Trinajstić information content (AvgIpc) is 2.85. The summed E-state index contributed by atoms with van der Waals surface area (Å²) >= 11 is 0. The second kappa shape index (κ2) is 9.74. The predicted octanol–water partition coefficient (Wildman–Crippen LogP) is 1.82. The van der Waals surface area contributed by atoms with Crippen LogP contribution in [0.3, 0.4) is 0 Å². The molecule has 2 fully saturated rings. The van der Waals surface area contributed by atoms with Crippen molar-refractivity contribution in [3.63, 3.8) is 0 Å². The number of rotatable bonds is 6. The molecule has 2 aliphatic rings. The zero-order valence-corrected chi connectivity index (χ0v) is 18.8. The Kier molecular flexibility index (Phi) is 6.37. The lowest BCUT2D eigenvalue weighted by Gasteiger charge is -2.26. The molecule has 34 heavy (non-hydrogen) atoms. The molecule has 2 amide bonds. The van der Waals surface area contributed by atoms with Gasteiger partial charge in [-0.25, -0.2) is 4.98 Å². The van der Waals surface area contributed by atoms with Crippen LogP contribution in [0.1, 0.15) is 30.0 Å². The molecular weight excluding hydrogens is 434 g/mol. The third-order valence-corrected chi connectivity index (χ3v) is 6.37. The summed E-state index contributed by atoms with van der Waals surface area (Å²) in [5, 5.41) is 6.09. The molecule has 2 saturated heterocycles. The summed E-state index contributed by atoms with van der Waals surface area (Å²) in [5.74, 6) is -0.788. The Hall–Kier alpha value is -3.56. The van der Waals surface area contributed by atoms with E-state index < -0.39 is 11.9 Å². The van der Waals surface area contributed by atoms with Crippen molar-refractivity contribution in [2.45, 2.75) is 32.0 Å². The molecule has 3 heterocycles. The molecule has 0 bridgehead atoms. The van der Waals surface area contributed by atoms with Gasteiger partial charge in [-0.2, -0.15) is 0 Å². The number of aromatic nitrogens is 2. The zero-order chi connectivity index (χ0) is 23.5. The number of hydrogen-bond acceptors (Lipinski definition) is 7. The smallest absolute Gasteiger partial charge is 0.264 e. The van der Waals surface area contributed by atoms with Crippen molar-refractivity contribution in [3.8, 4) is 0 Å². The maximum atomic E-state index is 13.3. The minimum atomic E-state index is -0.742. The first-order valence-electron chi connectivity index (χ1n) is 11.5. The Morgan fingerprint density at radius 1 is 1.03 bits per heavy atom. The maximum absolute atomic E-state index is 13.3. The fourth-order valence-electron chi connectivity index (χ4n) is 4.47. The monoisotopic (exact) mass is 461 g/mol. The van der Waals surface area contributed by atoms with Gasteiger partial charge in [0.1, 0.15) is 6.04 Å². The van der Waals surface area contributed by atoms with E-state index in [4.69, 9.17) is 4.74 Å². The third kappa shape index (κ3) is 4.71. The molecule has 0 spiro atoms. The molecule has 1 aromatic heterocycles. The molecule has 1 unspecified atom stereocenters. The van der Waals surface area contributed by atoms with Crippen molar-refractivity contribution < 1.29 is 14.3 Å². The topological polar surface area (TPSA) is 106 Å². The molecule has 0 aliphatic carbocycles. The number of hydrogen-bond donors (Lipinski definition) is 2. The molecule has 9 nitrogen and oxygen atoms in total. The fourth-order valence-corrected chi connectivity index (χ4v) is 4.47. The molecule has 2 aliphatic heterocycles. The van der Waals surface area contributed by atoms with E-state index in [1.54, 1.807) is 6.07 Å². The van der Waals surface area contributed by atoms with Crippen molar-refractivity contribution >= 4 is 28.4 Å². The van der Waals surface area contributed by atoms with Crippen LogP contribution in [0.5, 0.6) is 0 Å². The first-order chi connectivity index (χ1) is 16.6. The number of ether oxygens (including phenoxy) is 1. The van der Waals surface area contributed by atoms with Crippen LogP contribution in [0.2, 0.25) is 0 Å². The molecule has 3 aromatic rings. The highest BCUT2D eigenvalue weighted by molar-refractivity contribution is 5.99. The van der Waals surface area contributed by atoms with Gasteiger partial charge < -0.3 is 10.1 Å². The van der Waals surface area contributed by atoms with Gasteiger partial charge in [0.2, 0.25) is 11.8 Å². The molecule has 5 rings (SSSR count). The van der Waals surface area contributed by atoms with Crippen molar-refractivity contribution in [1.82, 2.24) is 19.8 Å². The van der Waals surface area contributed by atoms with Gasteiger partial charge >= 0.3 is 0 Å². The largest absolute Gasteiger partial charge is 0.380 e. The highest BCUT2D eigenvalue weighted by Crippen LogP contribution is 2.22. The quantitative estimate of drug-likeness (QED) is 0.540. The molecular formula is C25H27N5O4. The fraction of sp³-hybridized carbons (Fsp3) is 0.360. The van der Waals surface area contributed by atoms with E-state index in [1.165, 1.54) is 16.5 Å². The Bertz CT molecular complexity index is 1260. The average molecular weight is 462 g/mol. The number of amides is 2. The second-order valence-electron chi connectivity index (χ2n) is 8.68. The number of nitrogens with one attached hydrogen (secondary N) is 2. The maximum Gasteiger partial charge on any atom is 0.264 e. The van der Waals surface area contributed by atoms with Gasteiger partial charge in [-0.3, -0.25) is 29.2 Å². The van der Waals surface area contributed by atoms with E-state index in [9.17, 15) is 14.4 Å². The van der Waals surface area contributed by atoms with E-state index in [-0.39, 0.29) is 24.3 Å². The van der Waals surface area contributed by atoms with Crippen LogP contribution in [0, 0.1) is 0 Å². The molecule has 1 atom stereocenters. The van der Waals surface area contributed by atoms with Crippen molar-refractivity contribution in [2.75, 3.05) is 31.6 Å². The van der Waals surface area contributed by atoms with Gasteiger partial charge in [0, 0.05) is 38.3 Å². The van der Waals surface area contributed by atoms with Crippen LogP contribution in [0.15, 0.2) is 53.6 Å². The molecule has 2 N–H and O–H groups in total. The predicted molar refractivity (Wildman–Crippen MR) is 127 cm³/mol. The Balaban J connectivity index is 1.33. The van der Waals surface area contributed by atoms with E-state index in [0.29, 0.717) is 23.1 Å². The number of anilines is 1. The highest BCUT2D eigenvalue weighted by atomic mass is 16.5. The summed E-state index contributed by atoms with van der Waals surface area (Å²) in [7, 11) is 0. The molecule has 0 radical (unpaired) electrons. The summed E-state index contributed by atoms with van der Waals surface area (Å²) in [6.07, 6.45) is 1.87. The van der Waals surface area contributed by atoms with Gasteiger partial charge in [0.25, 0.3) is 5.56 Å². The SMILES string of the molecule is O=C1CCC(n2cnc3cccc(NCc4ccc(CN5CCOCC5)cc4)c3c2=O)C(=O)N1. The number of morpholine rings is 1. The van der Waals surface area contributed by atoms with Crippen LogP contribution in [0.25, 0.3) is 10.9 Å². The van der Waals surface area contributed by atoms with E-state index >= 15 is 0 Å². The van der Waals surface area contributed by atoms with Crippen molar-refractivity contribution in [2.24, 2.45) is 0 Å². The minimum absolute atomic E-state index is 0.197. The summed E-state index contributed by atoms with van der Waals surface area (Å²) < 4.78 is 6.74. The first kappa shape index (κ1) is 22.2. The van der Waals surface area contributed by atoms with Gasteiger partial charge in [0.15, 0.2) is 0 Å². The van der Waals surface area contributed by atoms with Crippen LogP contribution in [-0.2, 0) is 27.4 Å². The lowest BCUT2D eigenvalue weighted by molar-refractivity contribution is -0.135. The number of fused-ring (bicyclic) bond motifs is 1. The van der Waals surface area contributed by atoms with Crippen LogP contribution in [-0.4, -0.2) is 52.6 Å². The second-order valence-corrected chi connectivity index (χ2v) is 8.68. The number of benzene rings is 2. The number of carbonyl (C=O) groups excluding carboxylic acids is 2. The van der Waals surface area contributed by atoms with Crippen LogP contribution < -0.4 is 16.2 Å². The molecule has 2 aromatic carbocycles. The Morgan fingerprint density at radius 2 is 1.79 bits per heavy atom. The highest BCUT2D eigenvalue weighted by Gasteiger charge is 2.29. The first-order valence-corrected chi connectivity index (χ1v) is 11.5.